The summed E-state index contributed by atoms with van der Waals surface area (Å²) >= 11 is 2.06. The SMILES string of the molecule is O=C(Nc1cccc(C(F)(F)F)c1)c1cccc(-c2ccc3cc[nH]c(=O)c3c2)c1.O=C(Nc1cccc(C(F)(F)F)c1)c1cccc(B(O)O)c1.O=C(Nc1cccc(C(F)(F)F)c1)c1cccc(I)c1. The Labute approximate surface area is 416 Å². The minimum absolute atomic E-state index is 0.00484. The number of halogens is 10. The summed E-state index contributed by atoms with van der Waals surface area (Å²) in [4.78, 5) is 51.2. The fraction of sp³-hybridized carbons (Fsp3) is 0.0588. The molecule has 21 heteroatoms. The molecule has 0 saturated heterocycles. The van der Waals surface area contributed by atoms with Crippen LogP contribution in [-0.4, -0.2) is 39.9 Å². The van der Waals surface area contributed by atoms with E-state index in [9.17, 15) is 58.7 Å². The van der Waals surface area contributed by atoms with E-state index in [2.05, 4.69) is 43.5 Å². The van der Waals surface area contributed by atoms with Crippen molar-refractivity contribution in [2.24, 2.45) is 0 Å². The number of amides is 3. The topological polar surface area (TPSA) is 161 Å². The summed E-state index contributed by atoms with van der Waals surface area (Å²) < 4.78 is 115. The molecule has 368 valence electrons. The molecule has 0 radical (unpaired) electrons. The first-order valence-electron chi connectivity index (χ1n) is 20.8. The molecule has 0 aliphatic heterocycles. The average molecular weight is 1110 g/mol. The van der Waals surface area contributed by atoms with E-state index in [1.54, 1.807) is 60.8 Å². The van der Waals surface area contributed by atoms with Gasteiger partial charge in [-0.2, -0.15) is 39.5 Å². The number of fused-ring (bicyclic) bond motifs is 1. The maximum atomic E-state index is 12.9. The Balaban J connectivity index is 0.000000181. The van der Waals surface area contributed by atoms with Crippen LogP contribution in [0.1, 0.15) is 47.8 Å². The van der Waals surface area contributed by atoms with E-state index in [1.165, 1.54) is 60.7 Å². The molecule has 10 nitrogen and oxygen atoms in total. The number of alkyl halides is 9. The molecular formula is C51H35BF9IN4O6. The van der Waals surface area contributed by atoms with Crippen LogP contribution in [0.25, 0.3) is 21.9 Å². The van der Waals surface area contributed by atoms with Crippen LogP contribution in [0.2, 0.25) is 0 Å². The number of carbonyl (C=O) groups excluding carboxylic acids is 3. The van der Waals surface area contributed by atoms with Gasteiger partial charge in [-0.05, 0) is 154 Å². The zero-order valence-electron chi connectivity index (χ0n) is 36.6. The van der Waals surface area contributed by atoms with Crippen molar-refractivity contribution in [2.75, 3.05) is 16.0 Å². The second-order valence-electron chi connectivity index (χ2n) is 15.3. The number of nitrogens with one attached hydrogen (secondary N) is 4. The Kier molecular flexibility index (Phi) is 17.1. The molecule has 72 heavy (non-hydrogen) atoms. The summed E-state index contributed by atoms with van der Waals surface area (Å²) in [5, 5.41) is 26.7. The first-order chi connectivity index (χ1) is 33.9. The van der Waals surface area contributed by atoms with E-state index in [0.717, 1.165) is 50.9 Å². The predicted molar refractivity (Wildman–Crippen MR) is 264 cm³/mol. The number of pyridine rings is 1. The van der Waals surface area contributed by atoms with Crippen LogP contribution in [0.5, 0.6) is 0 Å². The van der Waals surface area contributed by atoms with Gasteiger partial charge in [0.2, 0.25) is 0 Å². The third-order valence-electron chi connectivity index (χ3n) is 10.1. The van der Waals surface area contributed by atoms with Crippen LogP contribution in [0.3, 0.4) is 0 Å². The van der Waals surface area contributed by atoms with Crippen molar-refractivity contribution in [3.63, 3.8) is 0 Å². The average Bonchev–Trinajstić information content (AvgIpc) is 3.34. The number of carbonyl (C=O) groups is 3. The first kappa shape index (κ1) is 53.6. The van der Waals surface area contributed by atoms with Crippen molar-refractivity contribution < 1.29 is 63.9 Å². The maximum absolute atomic E-state index is 12.9. The van der Waals surface area contributed by atoms with Gasteiger partial charge in [0, 0.05) is 48.9 Å². The zero-order valence-corrected chi connectivity index (χ0v) is 38.8. The molecule has 6 N–H and O–H groups in total. The number of H-pyrrole nitrogens is 1. The van der Waals surface area contributed by atoms with Gasteiger partial charge in [-0.25, -0.2) is 0 Å². The Morgan fingerprint density at radius 1 is 0.472 bits per heavy atom. The summed E-state index contributed by atoms with van der Waals surface area (Å²) in [5.74, 6) is -1.63. The standard InChI is InChI=1S/C23H15F3N2O2.C14H11BF3NO3.C14H9F3INO/c24-23(25,26)18-5-2-6-19(13-18)28-21(29)17-4-1-3-15(11-17)16-8-7-14-9-10-27-22(30)20(14)12-16;16-14(17,18)10-4-2-6-12(8-10)19-13(20)9-3-1-5-11(7-9)15(21)22;15-14(16,17)10-4-2-6-12(8-10)19-13(20)9-3-1-5-11(18)7-9/h1-13H,(H,27,30)(H,28,29);1-8,21-22H,(H,19,20);1-8H,(H,19,20). The third-order valence-corrected chi connectivity index (χ3v) is 10.8. The largest absolute Gasteiger partial charge is 0.488 e. The second kappa shape index (κ2) is 23.0. The molecule has 0 bridgehead atoms. The molecule has 0 fully saturated rings. The van der Waals surface area contributed by atoms with E-state index in [-0.39, 0.29) is 39.2 Å². The Bertz CT molecular complexity index is 3310. The molecule has 1 aromatic heterocycles. The molecule has 3 amide bonds. The van der Waals surface area contributed by atoms with Crippen LogP contribution in [0, 0.1) is 3.57 Å². The summed E-state index contributed by atoms with van der Waals surface area (Å²) in [6, 6.07) is 39.4. The summed E-state index contributed by atoms with van der Waals surface area (Å²) in [6.07, 6.45) is -11.8. The van der Waals surface area contributed by atoms with Gasteiger partial charge in [0.15, 0.2) is 0 Å². The highest BCUT2D eigenvalue weighted by Gasteiger charge is 2.32. The number of hydrogen-bond acceptors (Lipinski definition) is 6. The number of aromatic nitrogens is 1. The monoisotopic (exact) mass is 1110 g/mol. The lowest BCUT2D eigenvalue weighted by molar-refractivity contribution is -0.138. The van der Waals surface area contributed by atoms with Gasteiger partial charge < -0.3 is 31.0 Å². The third kappa shape index (κ3) is 14.9. The van der Waals surface area contributed by atoms with Gasteiger partial charge in [-0.15, -0.1) is 0 Å². The van der Waals surface area contributed by atoms with Crippen molar-refractivity contribution in [2.45, 2.75) is 18.5 Å². The molecular weight excluding hydrogens is 1070 g/mol. The minimum atomic E-state index is -4.50. The lowest BCUT2D eigenvalue weighted by Crippen LogP contribution is -2.30. The molecule has 0 atom stereocenters. The molecule has 0 spiro atoms. The van der Waals surface area contributed by atoms with Crippen LogP contribution >= 0.6 is 22.6 Å². The fourth-order valence-corrected chi connectivity index (χ4v) is 7.15. The second-order valence-corrected chi connectivity index (χ2v) is 16.5. The van der Waals surface area contributed by atoms with Crippen molar-refractivity contribution in [3.8, 4) is 11.1 Å². The quantitative estimate of drug-likeness (QED) is 0.0505. The number of benzene rings is 7. The van der Waals surface area contributed by atoms with Crippen LogP contribution in [0.4, 0.5) is 56.6 Å². The van der Waals surface area contributed by atoms with E-state index in [1.807, 2.05) is 18.2 Å². The number of aromatic amines is 1. The summed E-state index contributed by atoms with van der Waals surface area (Å²) in [7, 11) is -1.73. The molecule has 0 aliphatic rings. The van der Waals surface area contributed by atoms with Gasteiger partial charge in [0.25, 0.3) is 23.3 Å². The molecule has 0 aliphatic carbocycles. The van der Waals surface area contributed by atoms with Crippen LogP contribution in [-0.2, 0) is 18.5 Å². The van der Waals surface area contributed by atoms with Gasteiger partial charge in [-0.3, -0.25) is 19.2 Å². The molecule has 0 unspecified atom stereocenters. The van der Waals surface area contributed by atoms with E-state index < -0.39 is 60.1 Å². The van der Waals surface area contributed by atoms with Gasteiger partial charge in [0.05, 0.1) is 16.7 Å². The maximum Gasteiger partial charge on any atom is 0.488 e. The van der Waals surface area contributed by atoms with Crippen molar-refractivity contribution in [3.05, 3.63) is 223 Å². The number of hydrogen-bond donors (Lipinski definition) is 6. The molecule has 0 saturated carbocycles. The van der Waals surface area contributed by atoms with Crippen molar-refractivity contribution in [1.82, 2.24) is 4.98 Å². The van der Waals surface area contributed by atoms with Gasteiger partial charge >= 0.3 is 25.6 Å². The van der Waals surface area contributed by atoms with E-state index in [4.69, 9.17) is 10.0 Å². The Hall–Kier alpha value is -7.76. The highest BCUT2D eigenvalue weighted by Crippen LogP contribution is 2.33. The van der Waals surface area contributed by atoms with Crippen LogP contribution in [0.15, 0.2) is 181 Å². The highest BCUT2D eigenvalue weighted by molar-refractivity contribution is 14.1. The summed E-state index contributed by atoms with van der Waals surface area (Å²) in [6.45, 7) is 0. The highest BCUT2D eigenvalue weighted by atomic mass is 127. The molecule has 7 aromatic carbocycles. The molecule has 1 heterocycles. The van der Waals surface area contributed by atoms with Crippen LogP contribution < -0.4 is 27.0 Å². The first-order valence-corrected chi connectivity index (χ1v) is 21.9. The molecule has 8 aromatic rings. The number of rotatable bonds is 8. The lowest BCUT2D eigenvalue weighted by Gasteiger charge is -2.11. The van der Waals surface area contributed by atoms with E-state index in [0.29, 0.717) is 16.5 Å². The minimum Gasteiger partial charge on any atom is -0.423 e. The Morgan fingerprint density at radius 2 is 0.889 bits per heavy atom. The molecule has 8 rings (SSSR count). The lowest BCUT2D eigenvalue weighted by atomic mass is 9.79. The van der Waals surface area contributed by atoms with Crippen molar-refractivity contribution >= 4 is 80.7 Å². The summed E-state index contributed by atoms with van der Waals surface area (Å²) in [5.41, 5.74) is -0.215. The predicted octanol–water partition coefficient (Wildman–Crippen LogP) is 11.7. The van der Waals surface area contributed by atoms with Gasteiger partial charge in [0.1, 0.15) is 0 Å². The zero-order chi connectivity index (χ0) is 52.4. The normalized spacial score (nSPS) is 11.3. The van der Waals surface area contributed by atoms with Crippen molar-refractivity contribution in [1.29, 1.82) is 0 Å². The fourth-order valence-electron chi connectivity index (χ4n) is 6.60. The number of anilines is 3. The van der Waals surface area contributed by atoms with E-state index >= 15 is 0 Å². The van der Waals surface area contributed by atoms with Gasteiger partial charge in [-0.1, -0.05) is 60.7 Å². The Morgan fingerprint density at radius 3 is 1.35 bits per heavy atom. The smallest absolute Gasteiger partial charge is 0.423 e.